The highest BCUT2D eigenvalue weighted by Gasteiger charge is 2.04. The number of hydrogen-bond acceptors (Lipinski definition) is 4. The highest BCUT2D eigenvalue weighted by molar-refractivity contribution is 5.80. The number of hydrogen-bond donors (Lipinski definition) is 3. The summed E-state index contributed by atoms with van der Waals surface area (Å²) in [5.41, 5.74) is -0.334. The van der Waals surface area contributed by atoms with Gasteiger partial charge in [0, 0.05) is 18.9 Å². The fourth-order valence-electron chi connectivity index (χ4n) is 1.02. The van der Waals surface area contributed by atoms with Gasteiger partial charge in [0.2, 0.25) is 5.91 Å². The van der Waals surface area contributed by atoms with Crippen LogP contribution in [-0.2, 0) is 4.79 Å². The van der Waals surface area contributed by atoms with Gasteiger partial charge >= 0.3 is 0 Å². The van der Waals surface area contributed by atoms with Gasteiger partial charge in [0.05, 0.1) is 6.54 Å². The lowest BCUT2D eigenvalue weighted by molar-refractivity contribution is -0.119. The van der Waals surface area contributed by atoms with Gasteiger partial charge in [-0.3, -0.25) is 9.59 Å². The molecule has 0 saturated heterocycles. The van der Waals surface area contributed by atoms with Crippen molar-refractivity contribution in [3.8, 4) is 0 Å². The molecule has 0 radical (unpaired) electrons. The van der Waals surface area contributed by atoms with Gasteiger partial charge in [-0.25, -0.2) is 4.98 Å². The van der Waals surface area contributed by atoms with Crippen LogP contribution in [0.1, 0.15) is 13.8 Å². The highest BCUT2D eigenvalue weighted by Crippen LogP contribution is 1.89. The van der Waals surface area contributed by atoms with Gasteiger partial charge < -0.3 is 15.6 Å². The van der Waals surface area contributed by atoms with Crippen molar-refractivity contribution in [2.24, 2.45) is 5.92 Å². The lowest BCUT2D eigenvalue weighted by atomic mass is 10.2. The fraction of sp³-hybridized carbons (Fsp3) is 0.500. The first-order valence-electron chi connectivity index (χ1n) is 5.14. The summed E-state index contributed by atoms with van der Waals surface area (Å²) in [6.07, 6.45) is 2.89. The molecule has 1 aromatic rings. The molecule has 3 N–H and O–H groups in total. The number of carbonyl (C=O) groups excluding carboxylic acids is 1. The molecule has 0 aliphatic carbocycles. The second kappa shape index (κ2) is 5.89. The van der Waals surface area contributed by atoms with Crippen LogP contribution < -0.4 is 16.2 Å². The van der Waals surface area contributed by atoms with Gasteiger partial charge in [-0.1, -0.05) is 13.8 Å². The second-order valence-corrected chi connectivity index (χ2v) is 3.82. The van der Waals surface area contributed by atoms with Gasteiger partial charge in [-0.05, 0) is 5.92 Å². The molecule has 88 valence electrons. The topological polar surface area (TPSA) is 86.9 Å². The van der Waals surface area contributed by atoms with Crippen LogP contribution in [0.25, 0.3) is 0 Å². The van der Waals surface area contributed by atoms with E-state index in [1.165, 1.54) is 12.4 Å². The van der Waals surface area contributed by atoms with Gasteiger partial charge in [-0.2, -0.15) is 0 Å². The number of aromatic amines is 1. The predicted molar refractivity (Wildman–Crippen MR) is 61.2 cm³/mol. The largest absolute Gasteiger partial charge is 0.356 e. The maximum absolute atomic E-state index is 11.3. The number of amides is 1. The first-order chi connectivity index (χ1) is 7.59. The van der Waals surface area contributed by atoms with Crippen LogP contribution in [0.2, 0.25) is 0 Å². The van der Waals surface area contributed by atoms with Crippen molar-refractivity contribution in [3.05, 3.63) is 22.7 Å². The van der Waals surface area contributed by atoms with E-state index in [0.29, 0.717) is 12.5 Å². The molecule has 1 amide bonds. The van der Waals surface area contributed by atoms with E-state index in [2.05, 4.69) is 20.6 Å². The van der Waals surface area contributed by atoms with Crippen LogP contribution in [-0.4, -0.2) is 29.0 Å². The van der Waals surface area contributed by atoms with Crippen LogP contribution in [0, 0.1) is 5.92 Å². The Labute approximate surface area is 93.5 Å². The van der Waals surface area contributed by atoms with Gasteiger partial charge in [0.15, 0.2) is 5.82 Å². The predicted octanol–water partition coefficient (Wildman–Crippen LogP) is -0.0460. The Hall–Kier alpha value is -1.85. The van der Waals surface area contributed by atoms with E-state index in [-0.39, 0.29) is 23.8 Å². The standard InChI is InChI=1S/C10H16N4O2/c1-7(2)5-13-8(15)6-14-9-10(16)12-4-3-11-9/h3-4,7H,5-6H2,1-2H3,(H,11,14)(H,12,16)(H,13,15). The molecule has 0 aliphatic heterocycles. The third-order valence-electron chi connectivity index (χ3n) is 1.83. The summed E-state index contributed by atoms with van der Waals surface area (Å²) in [4.78, 5) is 28.8. The minimum absolute atomic E-state index is 0.0484. The summed E-state index contributed by atoms with van der Waals surface area (Å²) in [6, 6.07) is 0. The van der Waals surface area contributed by atoms with Crippen molar-refractivity contribution >= 4 is 11.7 Å². The van der Waals surface area contributed by atoms with E-state index >= 15 is 0 Å². The zero-order valence-electron chi connectivity index (χ0n) is 9.41. The molecular weight excluding hydrogens is 208 g/mol. The van der Waals surface area contributed by atoms with Crippen LogP contribution in [0.3, 0.4) is 0 Å². The quantitative estimate of drug-likeness (QED) is 0.654. The van der Waals surface area contributed by atoms with Crippen LogP contribution >= 0.6 is 0 Å². The number of H-pyrrole nitrogens is 1. The van der Waals surface area contributed by atoms with E-state index in [0.717, 1.165) is 0 Å². The first-order valence-corrected chi connectivity index (χ1v) is 5.14. The Morgan fingerprint density at radius 3 is 2.94 bits per heavy atom. The average molecular weight is 224 g/mol. The number of aromatic nitrogens is 2. The number of rotatable bonds is 5. The summed E-state index contributed by atoms with van der Waals surface area (Å²) in [5, 5.41) is 5.40. The fourth-order valence-corrected chi connectivity index (χ4v) is 1.02. The van der Waals surface area contributed by atoms with E-state index in [1.54, 1.807) is 0 Å². The second-order valence-electron chi connectivity index (χ2n) is 3.82. The van der Waals surface area contributed by atoms with Crippen LogP contribution in [0.4, 0.5) is 5.82 Å². The molecule has 1 aromatic heterocycles. The molecule has 6 heteroatoms. The average Bonchev–Trinajstić information content (AvgIpc) is 2.25. The molecule has 6 nitrogen and oxygen atoms in total. The van der Waals surface area contributed by atoms with Gasteiger partial charge in [-0.15, -0.1) is 0 Å². The van der Waals surface area contributed by atoms with E-state index in [9.17, 15) is 9.59 Å². The number of anilines is 1. The zero-order chi connectivity index (χ0) is 12.0. The van der Waals surface area contributed by atoms with Crippen LogP contribution in [0.5, 0.6) is 0 Å². The molecule has 0 unspecified atom stereocenters. The van der Waals surface area contributed by atoms with Gasteiger partial charge in [0.1, 0.15) is 0 Å². The molecule has 1 rings (SSSR count). The summed E-state index contributed by atoms with van der Waals surface area (Å²) in [6.45, 7) is 4.69. The van der Waals surface area contributed by atoms with Crippen molar-refractivity contribution in [2.75, 3.05) is 18.4 Å². The Morgan fingerprint density at radius 2 is 2.31 bits per heavy atom. The van der Waals surface area contributed by atoms with Crippen molar-refractivity contribution in [3.63, 3.8) is 0 Å². The number of nitrogens with one attached hydrogen (secondary N) is 3. The van der Waals surface area contributed by atoms with Crippen molar-refractivity contribution in [2.45, 2.75) is 13.8 Å². The lowest BCUT2D eigenvalue weighted by Gasteiger charge is -2.08. The summed E-state index contributed by atoms with van der Waals surface area (Å²) < 4.78 is 0. The minimum atomic E-state index is -0.334. The lowest BCUT2D eigenvalue weighted by Crippen LogP contribution is -2.33. The van der Waals surface area contributed by atoms with Crippen molar-refractivity contribution in [1.82, 2.24) is 15.3 Å². The summed E-state index contributed by atoms with van der Waals surface area (Å²) in [7, 11) is 0. The first kappa shape index (κ1) is 12.2. The minimum Gasteiger partial charge on any atom is -0.356 e. The number of nitrogens with zero attached hydrogens (tertiary/aromatic N) is 1. The molecular formula is C10H16N4O2. The van der Waals surface area contributed by atoms with Gasteiger partial charge in [0.25, 0.3) is 5.56 Å². The molecule has 0 bridgehead atoms. The molecule has 0 fully saturated rings. The van der Waals surface area contributed by atoms with Crippen molar-refractivity contribution in [1.29, 1.82) is 0 Å². The van der Waals surface area contributed by atoms with E-state index < -0.39 is 0 Å². The molecule has 0 atom stereocenters. The van der Waals surface area contributed by atoms with E-state index in [4.69, 9.17) is 0 Å². The normalized spacial score (nSPS) is 10.2. The highest BCUT2D eigenvalue weighted by atomic mass is 16.2. The Morgan fingerprint density at radius 1 is 1.56 bits per heavy atom. The third-order valence-corrected chi connectivity index (χ3v) is 1.83. The molecule has 0 spiro atoms. The molecule has 0 aromatic carbocycles. The van der Waals surface area contributed by atoms with Crippen LogP contribution in [0.15, 0.2) is 17.2 Å². The summed E-state index contributed by atoms with van der Waals surface area (Å²) in [5.74, 6) is 0.406. The third kappa shape index (κ3) is 4.12. The maximum Gasteiger partial charge on any atom is 0.290 e. The molecule has 0 saturated carbocycles. The molecule has 16 heavy (non-hydrogen) atoms. The molecule has 0 aliphatic rings. The monoisotopic (exact) mass is 224 g/mol. The molecule has 1 heterocycles. The van der Waals surface area contributed by atoms with Crippen molar-refractivity contribution < 1.29 is 4.79 Å². The Balaban J connectivity index is 2.38. The summed E-state index contributed by atoms with van der Waals surface area (Å²) >= 11 is 0. The van der Waals surface area contributed by atoms with E-state index in [1.807, 2.05) is 13.8 Å². The Bertz CT molecular complexity index is 400. The zero-order valence-corrected chi connectivity index (χ0v) is 9.41. The SMILES string of the molecule is CC(C)CNC(=O)CNc1ncc[nH]c1=O. The number of carbonyl (C=O) groups is 1. The Kier molecular flexibility index (Phi) is 4.50. The maximum atomic E-state index is 11.3. The smallest absolute Gasteiger partial charge is 0.290 e.